The van der Waals surface area contributed by atoms with Crippen LogP contribution in [0.2, 0.25) is 0 Å². The Balaban J connectivity index is 1.97. The lowest BCUT2D eigenvalue weighted by molar-refractivity contribution is -0.147. The van der Waals surface area contributed by atoms with Crippen molar-refractivity contribution in [2.45, 2.75) is 37.7 Å². The number of carbonyl (C=O) groups is 1. The molecule has 1 aromatic carbocycles. The predicted octanol–water partition coefficient (Wildman–Crippen LogP) is 3.50. The van der Waals surface area contributed by atoms with Gasteiger partial charge in [-0.3, -0.25) is 4.79 Å². The summed E-state index contributed by atoms with van der Waals surface area (Å²) in [6.07, 6.45) is 4.05. The summed E-state index contributed by atoms with van der Waals surface area (Å²) < 4.78 is 10.5. The summed E-state index contributed by atoms with van der Waals surface area (Å²) in [5, 5.41) is 0. The first-order valence-corrected chi connectivity index (χ1v) is 7.15. The zero-order valence-corrected chi connectivity index (χ0v) is 11.9. The molecule has 2 rings (SSSR count). The SMILES string of the molecule is COc1ccc(C2CCCC(OC(=O)CCl)C2)cc1. The third kappa shape index (κ3) is 3.87. The fourth-order valence-corrected chi connectivity index (χ4v) is 2.71. The number of methoxy groups -OCH3 is 1. The summed E-state index contributed by atoms with van der Waals surface area (Å²) in [7, 11) is 1.66. The molecule has 0 aliphatic heterocycles. The van der Waals surface area contributed by atoms with E-state index in [9.17, 15) is 4.79 Å². The number of halogens is 1. The molecule has 2 unspecified atom stereocenters. The quantitative estimate of drug-likeness (QED) is 0.626. The van der Waals surface area contributed by atoms with E-state index in [1.54, 1.807) is 7.11 Å². The predicted molar refractivity (Wildman–Crippen MR) is 74.8 cm³/mol. The van der Waals surface area contributed by atoms with Gasteiger partial charge in [0.05, 0.1) is 7.11 Å². The molecule has 0 aromatic heterocycles. The summed E-state index contributed by atoms with van der Waals surface area (Å²) in [4.78, 5) is 11.2. The molecule has 0 spiro atoms. The number of rotatable bonds is 4. The fraction of sp³-hybridized carbons (Fsp3) is 0.533. The van der Waals surface area contributed by atoms with E-state index in [0.29, 0.717) is 5.92 Å². The van der Waals surface area contributed by atoms with Crippen molar-refractivity contribution < 1.29 is 14.3 Å². The van der Waals surface area contributed by atoms with Gasteiger partial charge in [-0.25, -0.2) is 0 Å². The number of esters is 1. The van der Waals surface area contributed by atoms with Crippen molar-refractivity contribution in [3.63, 3.8) is 0 Å². The lowest BCUT2D eigenvalue weighted by atomic mass is 9.82. The molecule has 1 saturated carbocycles. The molecule has 0 amide bonds. The Hall–Kier alpha value is -1.22. The van der Waals surface area contributed by atoms with Crippen LogP contribution in [0.5, 0.6) is 5.75 Å². The Bertz CT molecular complexity index is 416. The third-order valence-electron chi connectivity index (χ3n) is 3.62. The van der Waals surface area contributed by atoms with E-state index >= 15 is 0 Å². The molecule has 19 heavy (non-hydrogen) atoms. The van der Waals surface area contributed by atoms with Crippen LogP contribution < -0.4 is 4.74 Å². The van der Waals surface area contributed by atoms with Crippen LogP contribution in [0.25, 0.3) is 0 Å². The highest BCUT2D eigenvalue weighted by molar-refractivity contribution is 6.26. The standard InChI is InChI=1S/C15H19ClO3/c1-18-13-7-5-11(6-8-13)12-3-2-4-14(9-12)19-15(17)10-16/h5-8,12,14H,2-4,9-10H2,1H3. The molecule has 1 aliphatic carbocycles. The maximum absolute atomic E-state index is 11.2. The van der Waals surface area contributed by atoms with Gasteiger partial charge >= 0.3 is 5.97 Å². The highest BCUT2D eigenvalue weighted by Crippen LogP contribution is 2.34. The van der Waals surface area contributed by atoms with Gasteiger partial charge in [0.15, 0.2) is 0 Å². The van der Waals surface area contributed by atoms with Gasteiger partial charge < -0.3 is 9.47 Å². The molecule has 0 heterocycles. The number of benzene rings is 1. The van der Waals surface area contributed by atoms with Crippen LogP contribution in [0.3, 0.4) is 0 Å². The van der Waals surface area contributed by atoms with Gasteiger partial charge in [-0.15, -0.1) is 11.6 Å². The average Bonchev–Trinajstić information content (AvgIpc) is 2.47. The Morgan fingerprint density at radius 3 is 2.68 bits per heavy atom. The highest BCUT2D eigenvalue weighted by atomic mass is 35.5. The molecule has 4 heteroatoms. The van der Waals surface area contributed by atoms with E-state index in [2.05, 4.69) is 12.1 Å². The number of carbonyl (C=O) groups excluding carboxylic acids is 1. The van der Waals surface area contributed by atoms with Gasteiger partial charge in [0.2, 0.25) is 0 Å². The van der Waals surface area contributed by atoms with E-state index in [-0.39, 0.29) is 18.0 Å². The number of hydrogen-bond acceptors (Lipinski definition) is 3. The molecule has 3 nitrogen and oxygen atoms in total. The van der Waals surface area contributed by atoms with Crippen LogP contribution in [-0.4, -0.2) is 25.1 Å². The summed E-state index contributed by atoms with van der Waals surface area (Å²) >= 11 is 5.47. The second-order valence-electron chi connectivity index (χ2n) is 4.88. The summed E-state index contributed by atoms with van der Waals surface area (Å²) in [5.74, 6) is 0.934. The molecule has 1 fully saturated rings. The average molecular weight is 283 g/mol. The van der Waals surface area contributed by atoms with Crippen molar-refractivity contribution in [2.24, 2.45) is 0 Å². The van der Waals surface area contributed by atoms with Crippen LogP contribution in [0.1, 0.15) is 37.2 Å². The molecule has 1 aliphatic rings. The molecular weight excluding hydrogens is 264 g/mol. The summed E-state index contributed by atoms with van der Waals surface area (Å²) in [6, 6.07) is 8.14. The topological polar surface area (TPSA) is 35.5 Å². The van der Waals surface area contributed by atoms with Crippen molar-refractivity contribution in [1.82, 2.24) is 0 Å². The Morgan fingerprint density at radius 1 is 1.32 bits per heavy atom. The number of alkyl halides is 1. The highest BCUT2D eigenvalue weighted by Gasteiger charge is 2.25. The lowest BCUT2D eigenvalue weighted by Crippen LogP contribution is -2.25. The van der Waals surface area contributed by atoms with Gasteiger partial charge in [-0.05, 0) is 49.3 Å². The number of ether oxygens (including phenoxy) is 2. The van der Waals surface area contributed by atoms with Crippen LogP contribution >= 0.6 is 11.6 Å². The van der Waals surface area contributed by atoms with Crippen LogP contribution in [-0.2, 0) is 9.53 Å². The van der Waals surface area contributed by atoms with E-state index in [0.717, 1.165) is 31.4 Å². The van der Waals surface area contributed by atoms with Crippen molar-refractivity contribution in [1.29, 1.82) is 0 Å². The zero-order valence-electron chi connectivity index (χ0n) is 11.1. The first-order chi connectivity index (χ1) is 9.22. The Labute approximate surface area is 118 Å². The monoisotopic (exact) mass is 282 g/mol. The van der Waals surface area contributed by atoms with E-state index < -0.39 is 0 Å². The van der Waals surface area contributed by atoms with Crippen molar-refractivity contribution in [2.75, 3.05) is 13.0 Å². The van der Waals surface area contributed by atoms with Crippen molar-refractivity contribution >= 4 is 17.6 Å². The molecule has 0 N–H and O–H groups in total. The first-order valence-electron chi connectivity index (χ1n) is 6.62. The molecule has 2 atom stereocenters. The molecular formula is C15H19ClO3. The van der Waals surface area contributed by atoms with E-state index in [1.165, 1.54) is 5.56 Å². The summed E-state index contributed by atoms with van der Waals surface area (Å²) in [5.41, 5.74) is 1.28. The molecule has 1 aromatic rings. The third-order valence-corrected chi connectivity index (χ3v) is 3.84. The van der Waals surface area contributed by atoms with Crippen LogP contribution in [0, 0.1) is 0 Å². The number of hydrogen-bond donors (Lipinski definition) is 0. The molecule has 0 saturated heterocycles. The Kier molecular flexibility index (Phi) is 5.08. The van der Waals surface area contributed by atoms with Gasteiger partial charge in [-0.1, -0.05) is 12.1 Å². The van der Waals surface area contributed by atoms with Gasteiger partial charge in [0.1, 0.15) is 17.7 Å². The molecule has 104 valence electrons. The van der Waals surface area contributed by atoms with E-state index in [1.807, 2.05) is 12.1 Å². The van der Waals surface area contributed by atoms with E-state index in [4.69, 9.17) is 21.1 Å². The minimum absolute atomic E-state index is 0.00658. The van der Waals surface area contributed by atoms with Crippen LogP contribution in [0.15, 0.2) is 24.3 Å². The largest absolute Gasteiger partial charge is 0.497 e. The zero-order chi connectivity index (χ0) is 13.7. The summed E-state index contributed by atoms with van der Waals surface area (Å²) in [6.45, 7) is 0. The lowest BCUT2D eigenvalue weighted by Gasteiger charge is -2.29. The fourth-order valence-electron chi connectivity index (χ4n) is 2.65. The first kappa shape index (κ1) is 14.2. The second-order valence-corrected chi connectivity index (χ2v) is 5.15. The normalized spacial score (nSPS) is 22.8. The minimum Gasteiger partial charge on any atom is -0.497 e. The minimum atomic E-state index is -0.318. The van der Waals surface area contributed by atoms with Crippen molar-refractivity contribution in [3.05, 3.63) is 29.8 Å². The Morgan fingerprint density at radius 2 is 2.05 bits per heavy atom. The maximum Gasteiger partial charge on any atom is 0.321 e. The second kappa shape index (κ2) is 6.80. The molecule has 0 radical (unpaired) electrons. The van der Waals surface area contributed by atoms with Crippen LogP contribution in [0.4, 0.5) is 0 Å². The maximum atomic E-state index is 11.2. The van der Waals surface area contributed by atoms with Gasteiger partial charge in [0.25, 0.3) is 0 Å². The smallest absolute Gasteiger partial charge is 0.321 e. The van der Waals surface area contributed by atoms with Crippen molar-refractivity contribution in [3.8, 4) is 5.75 Å². The van der Waals surface area contributed by atoms with Gasteiger partial charge in [0, 0.05) is 0 Å². The van der Waals surface area contributed by atoms with Gasteiger partial charge in [-0.2, -0.15) is 0 Å². The molecule has 0 bridgehead atoms.